The summed E-state index contributed by atoms with van der Waals surface area (Å²) in [5.74, 6) is -0.0183. The average molecular weight is 496 g/mol. The number of hydrogen-bond donors (Lipinski definition) is 2. The van der Waals surface area contributed by atoms with Gasteiger partial charge in [-0.2, -0.15) is 4.31 Å². The van der Waals surface area contributed by atoms with Crippen LogP contribution in [0.15, 0.2) is 82.3 Å². The van der Waals surface area contributed by atoms with Crippen LogP contribution in [0.2, 0.25) is 0 Å². The van der Waals surface area contributed by atoms with Crippen LogP contribution in [-0.4, -0.2) is 44.2 Å². The lowest BCUT2D eigenvalue weighted by Gasteiger charge is -2.31. The fraction of sp³-hybridized carbons (Fsp3) is 0.308. The van der Waals surface area contributed by atoms with Gasteiger partial charge in [-0.05, 0) is 67.1 Å². The monoisotopic (exact) mass is 495 g/mol. The second kappa shape index (κ2) is 11.3. The molecule has 184 valence electrons. The fourth-order valence-corrected chi connectivity index (χ4v) is 5.64. The van der Waals surface area contributed by atoms with Crippen molar-refractivity contribution in [3.8, 4) is 0 Å². The van der Waals surface area contributed by atoms with Crippen molar-refractivity contribution < 1.29 is 22.4 Å². The number of anilines is 1. The van der Waals surface area contributed by atoms with Crippen molar-refractivity contribution in [2.75, 3.05) is 25.0 Å². The Kier molecular flexibility index (Phi) is 7.99. The van der Waals surface area contributed by atoms with Crippen molar-refractivity contribution >= 4 is 27.5 Å². The summed E-state index contributed by atoms with van der Waals surface area (Å²) in [6.45, 7) is 1.15. The predicted molar refractivity (Wildman–Crippen MR) is 132 cm³/mol. The van der Waals surface area contributed by atoms with E-state index in [9.17, 15) is 18.0 Å². The molecule has 0 bridgehead atoms. The van der Waals surface area contributed by atoms with Gasteiger partial charge in [0.15, 0.2) is 5.76 Å². The third kappa shape index (κ3) is 6.58. The van der Waals surface area contributed by atoms with Gasteiger partial charge in [0.1, 0.15) is 0 Å². The third-order valence-corrected chi connectivity index (χ3v) is 8.01. The number of benzene rings is 2. The molecule has 1 aliphatic rings. The summed E-state index contributed by atoms with van der Waals surface area (Å²) in [5.41, 5.74) is 1.78. The molecule has 0 atom stereocenters. The van der Waals surface area contributed by atoms with Crippen molar-refractivity contribution in [2.24, 2.45) is 5.92 Å². The van der Waals surface area contributed by atoms with Gasteiger partial charge in [0.05, 0.1) is 11.2 Å². The van der Waals surface area contributed by atoms with Crippen LogP contribution in [0.5, 0.6) is 0 Å². The maximum Gasteiger partial charge on any atom is 0.286 e. The summed E-state index contributed by atoms with van der Waals surface area (Å²) < 4.78 is 32.7. The van der Waals surface area contributed by atoms with Crippen molar-refractivity contribution in [1.29, 1.82) is 0 Å². The number of sulfonamides is 1. The van der Waals surface area contributed by atoms with Gasteiger partial charge in [0.25, 0.3) is 5.91 Å². The van der Waals surface area contributed by atoms with Crippen LogP contribution in [0.3, 0.4) is 0 Å². The minimum Gasteiger partial charge on any atom is -0.459 e. The first-order chi connectivity index (χ1) is 16.9. The van der Waals surface area contributed by atoms with Crippen LogP contribution in [0.25, 0.3) is 0 Å². The third-order valence-electron chi connectivity index (χ3n) is 6.10. The Labute approximate surface area is 205 Å². The van der Waals surface area contributed by atoms with E-state index in [0.717, 1.165) is 19.3 Å². The highest BCUT2D eigenvalue weighted by molar-refractivity contribution is 7.89. The molecule has 1 aliphatic heterocycles. The zero-order valence-corrected chi connectivity index (χ0v) is 20.2. The first-order valence-electron chi connectivity index (χ1n) is 11.7. The molecule has 0 spiro atoms. The minimum atomic E-state index is -3.58. The number of nitrogens with one attached hydrogen (secondary N) is 2. The first-order valence-corrected chi connectivity index (χ1v) is 13.1. The van der Waals surface area contributed by atoms with Gasteiger partial charge in [-0.1, -0.05) is 30.3 Å². The number of piperidine rings is 1. The summed E-state index contributed by atoms with van der Waals surface area (Å²) in [7, 11) is -3.58. The second-order valence-electron chi connectivity index (χ2n) is 8.59. The molecule has 2 heterocycles. The van der Waals surface area contributed by atoms with E-state index in [-0.39, 0.29) is 35.4 Å². The van der Waals surface area contributed by atoms with E-state index in [2.05, 4.69) is 22.8 Å². The molecular weight excluding hydrogens is 466 g/mol. The normalized spacial score (nSPS) is 15.0. The molecule has 0 radical (unpaired) electrons. The number of carbonyl (C=O) groups excluding carboxylic acids is 2. The molecule has 0 aliphatic carbocycles. The van der Waals surface area contributed by atoms with E-state index in [0.29, 0.717) is 24.7 Å². The summed E-state index contributed by atoms with van der Waals surface area (Å²) >= 11 is 0. The van der Waals surface area contributed by atoms with E-state index in [1.54, 1.807) is 22.5 Å². The van der Waals surface area contributed by atoms with Gasteiger partial charge in [0.2, 0.25) is 15.9 Å². The molecule has 1 saturated heterocycles. The summed E-state index contributed by atoms with van der Waals surface area (Å²) in [6, 6.07) is 19.6. The van der Waals surface area contributed by atoms with Crippen molar-refractivity contribution in [2.45, 2.75) is 30.6 Å². The molecule has 3 aromatic rings. The van der Waals surface area contributed by atoms with Gasteiger partial charge in [-0.15, -0.1) is 0 Å². The molecule has 1 fully saturated rings. The number of amides is 2. The Morgan fingerprint density at radius 2 is 1.66 bits per heavy atom. The highest BCUT2D eigenvalue weighted by Gasteiger charge is 2.29. The van der Waals surface area contributed by atoms with Crippen LogP contribution >= 0.6 is 0 Å². The number of furan rings is 1. The van der Waals surface area contributed by atoms with Crippen LogP contribution in [0, 0.1) is 5.92 Å². The van der Waals surface area contributed by atoms with E-state index in [4.69, 9.17) is 4.42 Å². The zero-order valence-electron chi connectivity index (χ0n) is 19.4. The van der Waals surface area contributed by atoms with Crippen molar-refractivity contribution in [1.82, 2.24) is 9.62 Å². The molecule has 4 rings (SSSR count). The minimum absolute atomic E-state index is 0.0738. The first kappa shape index (κ1) is 24.7. The molecule has 9 heteroatoms. The summed E-state index contributed by atoms with van der Waals surface area (Å²) in [4.78, 5) is 24.2. The fourth-order valence-electron chi connectivity index (χ4n) is 4.17. The van der Waals surface area contributed by atoms with E-state index >= 15 is 0 Å². The van der Waals surface area contributed by atoms with Crippen molar-refractivity contribution in [3.63, 3.8) is 0 Å². The van der Waals surface area contributed by atoms with Crippen LogP contribution in [0.4, 0.5) is 5.69 Å². The van der Waals surface area contributed by atoms with E-state index in [1.165, 1.54) is 30.0 Å². The van der Waals surface area contributed by atoms with Gasteiger partial charge < -0.3 is 15.1 Å². The second-order valence-corrected chi connectivity index (χ2v) is 10.5. The quantitative estimate of drug-likeness (QED) is 0.471. The number of hydrogen-bond acceptors (Lipinski definition) is 5. The number of rotatable bonds is 9. The topological polar surface area (TPSA) is 109 Å². The van der Waals surface area contributed by atoms with Gasteiger partial charge in [-0.3, -0.25) is 9.59 Å². The SMILES string of the molecule is O=C(CCNC(=O)c1ccco1)Nc1ccc(S(=O)(=O)N2CCC(Cc3ccccc3)CC2)cc1. The lowest BCUT2D eigenvalue weighted by atomic mass is 9.91. The molecule has 2 N–H and O–H groups in total. The Bertz CT molecular complexity index is 1220. The standard InChI is InChI=1S/C26H29N3O5S/c30-25(12-15-27-26(31)24-7-4-18-34-24)28-22-8-10-23(11-9-22)35(32,33)29-16-13-21(14-17-29)19-20-5-2-1-3-6-20/h1-11,18,21H,12-17,19H2,(H,27,31)(H,28,30). The molecular formula is C26H29N3O5S. The highest BCUT2D eigenvalue weighted by atomic mass is 32.2. The van der Waals surface area contributed by atoms with Crippen molar-refractivity contribution in [3.05, 3.63) is 84.3 Å². The van der Waals surface area contributed by atoms with Gasteiger partial charge >= 0.3 is 0 Å². The smallest absolute Gasteiger partial charge is 0.286 e. The maximum atomic E-state index is 13.1. The lowest BCUT2D eigenvalue weighted by molar-refractivity contribution is -0.116. The summed E-state index contributed by atoms with van der Waals surface area (Å²) in [6.07, 6.45) is 4.11. The highest BCUT2D eigenvalue weighted by Crippen LogP contribution is 2.26. The molecule has 35 heavy (non-hydrogen) atoms. The molecule has 0 unspecified atom stereocenters. The predicted octanol–water partition coefficient (Wildman–Crippen LogP) is 3.68. The van der Waals surface area contributed by atoms with Gasteiger partial charge in [0, 0.05) is 31.7 Å². The number of nitrogens with zero attached hydrogens (tertiary/aromatic N) is 1. The average Bonchev–Trinajstić information content (AvgIpc) is 3.41. The maximum absolute atomic E-state index is 13.1. The molecule has 2 aromatic carbocycles. The van der Waals surface area contributed by atoms with E-state index in [1.807, 2.05) is 18.2 Å². The largest absolute Gasteiger partial charge is 0.459 e. The Morgan fingerprint density at radius 1 is 0.943 bits per heavy atom. The number of carbonyl (C=O) groups is 2. The lowest BCUT2D eigenvalue weighted by Crippen LogP contribution is -2.38. The summed E-state index contributed by atoms with van der Waals surface area (Å²) in [5, 5.41) is 5.32. The Balaban J connectivity index is 1.24. The molecule has 0 saturated carbocycles. The zero-order chi connectivity index (χ0) is 24.7. The Morgan fingerprint density at radius 3 is 2.31 bits per heavy atom. The van der Waals surface area contributed by atoms with Crippen LogP contribution in [0.1, 0.15) is 35.4 Å². The Hall–Kier alpha value is -3.43. The van der Waals surface area contributed by atoms with Crippen LogP contribution < -0.4 is 10.6 Å². The van der Waals surface area contributed by atoms with Gasteiger partial charge in [-0.25, -0.2) is 8.42 Å². The molecule has 2 amide bonds. The molecule has 8 nitrogen and oxygen atoms in total. The van der Waals surface area contributed by atoms with E-state index < -0.39 is 10.0 Å². The molecule has 1 aromatic heterocycles. The van der Waals surface area contributed by atoms with Crippen LogP contribution in [-0.2, 0) is 21.2 Å².